The van der Waals surface area contributed by atoms with Crippen molar-refractivity contribution in [1.82, 2.24) is 10.2 Å². The fourth-order valence-corrected chi connectivity index (χ4v) is 5.89. The normalized spacial score (nSPS) is 18.8. The number of nitrogens with one attached hydrogen (secondary N) is 1. The van der Waals surface area contributed by atoms with Crippen LogP contribution in [0.3, 0.4) is 0 Å². The number of carbonyl (C=O) groups is 2. The Labute approximate surface area is 280 Å². The van der Waals surface area contributed by atoms with Crippen LogP contribution in [-0.2, 0) is 35.0 Å². The number of rotatable bonds is 13. The fourth-order valence-electron chi connectivity index (χ4n) is 5.89. The van der Waals surface area contributed by atoms with E-state index in [0.717, 1.165) is 29.2 Å². The fraction of sp³-hybridized carbons (Fsp3) is 0.412. The van der Waals surface area contributed by atoms with Crippen molar-refractivity contribution in [3.8, 4) is 17.2 Å². The third-order valence-corrected chi connectivity index (χ3v) is 8.82. The predicted molar refractivity (Wildman–Crippen MR) is 161 cm³/mol. The van der Waals surface area contributed by atoms with E-state index in [1.165, 1.54) is 12.1 Å². The topological polar surface area (TPSA) is 97.3 Å². The van der Waals surface area contributed by atoms with Crippen LogP contribution in [0.4, 0.5) is 39.9 Å². The van der Waals surface area contributed by atoms with Crippen molar-refractivity contribution in [3.05, 3.63) is 88.5 Å². The second kappa shape index (κ2) is 14.0. The van der Waals surface area contributed by atoms with Crippen LogP contribution in [-0.4, -0.2) is 54.5 Å². The summed E-state index contributed by atoms with van der Waals surface area (Å²) in [6.45, 7) is 1.73. The van der Waals surface area contributed by atoms with E-state index in [0.29, 0.717) is 28.7 Å². The molecule has 0 spiro atoms. The zero-order valence-electron chi connectivity index (χ0n) is 26.5. The van der Waals surface area contributed by atoms with Crippen molar-refractivity contribution in [3.63, 3.8) is 0 Å². The van der Waals surface area contributed by atoms with Gasteiger partial charge < -0.3 is 24.6 Å². The Morgan fingerprint density at radius 3 is 2.22 bits per heavy atom. The molecule has 3 amide bonds. The monoisotopic (exact) mass is 716 g/mol. The summed E-state index contributed by atoms with van der Waals surface area (Å²) in [7, 11) is 0. The number of imide groups is 1. The van der Waals surface area contributed by atoms with E-state index in [4.69, 9.17) is 14.2 Å². The summed E-state index contributed by atoms with van der Waals surface area (Å²) in [6.07, 6.45) is -13.9. The number of unbranched alkanes of at least 4 members (excludes halogenated alkanes) is 1. The van der Waals surface area contributed by atoms with Gasteiger partial charge in [0.15, 0.2) is 11.5 Å². The van der Waals surface area contributed by atoms with Gasteiger partial charge in [-0.2, -0.15) is 26.3 Å². The van der Waals surface area contributed by atoms with Crippen molar-refractivity contribution >= 4 is 11.9 Å². The lowest BCUT2D eigenvalue weighted by Gasteiger charge is -2.30. The average Bonchev–Trinajstić information content (AvgIpc) is 3.64. The number of alkyl halides is 8. The molecular weight excluding hydrogens is 684 g/mol. The van der Waals surface area contributed by atoms with E-state index in [1.54, 1.807) is 25.1 Å². The van der Waals surface area contributed by atoms with Gasteiger partial charge in [-0.1, -0.05) is 31.2 Å². The molecule has 5 rings (SSSR count). The highest BCUT2D eigenvalue weighted by molar-refractivity contribution is 6.07. The van der Waals surface area contributed by atoms with Gasteiger partial charge in [0.2, 0.25) is 12.4 Å². The van der Waals surface area contributed by atoms with Crippen molar-refractivity contribution in [1.29, 1.82) is 0 Å². The molecule has 2 N–H and O–H groups in total. The van der Waals surface area contributed by atoms with Gasteiger partial charge >= 0.3 is 18.4 Å². The molecule has 8 nitrogen and oxygen atoms in total. The summed E-state index contributed by atoms with van der Waals surface area (Å²) in [5.41, 5.74) is -6.94. The number of benzene rings is 3. The highest BCUT2D eigenvalue weighted by Crippen LogP contribution is 2.45. The largest absolute Gasteiger partial charge is 0.493 e. The molecule has 2 atom stereocenters. The van der Waals surface area contributed by atoms with Crippen molar-refractivity contribution in [2.24, 2.45) is 0 Å². The minimum absolute atomic E-state index is 0.00209. The first kappa shape index (κ1) is 36.7. The number of halogens is 8. The molecule has 0 bridgehead atoms. The highest BCUT2D eigenvalue weighted by Gasteiger charge is 2.61. The van der Waals surface area contributed by atoms with Crippen LogP contribution in [0.5, 0.6) is 17.2 Å². The average molecular weight is 717 g/mol. The molecule has 2 heterocycles. The lowest BCUT2D eigenvalue weighted by atomic mass is 9.87. The van der Waals surface area contributed by atoms with Crippen LogP contribution in [0, 0.1) is 0 Å². The van der Waals surface area contributed by atoms with E-state index in [9.17, 15) is 49.8 Å². The molecule has 0 aromatic heterocycles. The Hall–Kier alpha value is -4.60. The molecule has 2 aliphatic heterocycles. The Morgan fingerprint density at radius 1 is 0.900 bits per heavy atom. The van der Waals surface area contributed by atoms with Gasteiger partial charge in [0.05, 0.1) is 12.2 Å². The van der Waals surface area contributed by atoms with Crippen LogP contribution in [0.2, 0.25) is 0 Å². The standard InChI is InChI=1S/C34H32F8N2O6/c1-2-31(23-11-14-26-27(18-23)50-19-49-26)29(45)44(30(46)43-31)15-3-4-16-48-25-13-12-24(32(47,28(35)36)34(40,41)42)17-21(25)8-5-20-6-9-22(10-7-20)33(37,38)39/h6-7,9-14,17-18,28,47H,2-5,8,15-16,19H2,1H3,(H,43,46). The third-order valence-electron chi connectivity index (χ3n) is 8.82. The molecule has 0 aliphatic carbocycles. The Balaban J connectivity index is 1.26. The maximum absolute atomic E-state index is 13.6. The van der Waals surface area contributed by atoms with Gasteiger partial charge in [-0.3, -0.25) is 9.69 Å². The van der Waals surface area contributed by atoms with Crippen molar-refractivity contribution < 1.29 is 64.0 Å². The number of carbonyl (C=O) groups excluding carboxylic acids is 2. The van der Waals surface area contributed by atoms with Crippen molar-refractivity contribution in [2.75, 3.05) is 19.9 Å². The van der Waals surface area contributed by atoms with Gasteiger partial charge in [-0.05, 0) is 90.8 Å². The summed E-state index contributed by atoms with van der Waals surface area (Å²) in [5, 5.41) is 12.8. The first-order valence-corrected chi connectivity index (χ1v) is 15.5. The van der Waals surface area contributed by atoms with Gasteiger partial charge in [-0.15, -0.1) is 0 Å². The number of aryl methyl sites for hydroxylation is 2. The summed E-state index contributed by atoms with van der Waals surface area (Å²) in [5.74, 6) is 0.484. The molecule has 2 aliphatic rings. The maximum atomic E-state index is 13.6. The molecule has 2 unspecified atom stereocenters. The molecule has 1 saturated heterocycles. The first-order chi connectivity index (χ1) is 23.5. The van der Waals surface area contributed by atoms with Crippen LogP contribution < -0.4 is 19.5 Å². The molecule has 0 radical (unpaired) electrons. The van der Waals surface area contributed by atoms with Crippen LogP contribution >= 0.6 is 0 Å². The number of amides is 3. The Morgan fingerprint density at radius 2 is 1.58 bits per heavy atom. The smallest absolute Gasteiger partial charge is 0.427 e. The lowest BCUT2D eigenvalue weighted by Crippen LogP contribution is -2.48. The molecule has 3 aromatic rings. The quantitative estimate of drug-likeness (QED) is 0.110. The Kier molecular flexibility index (Phi) is 10.2. The summed E-state index contributed by atoms with van der Waals surface area (Å²) in [6, 6.07) is 10.8. The minimum atomic E-state index is -5.73. The molecule has 50 heavy (non-hydrogen) atoms. The number of aliphatic hydroxyl groups is 1. The molecule has 0 saturated carbocycles. The van der Waals surface area contributed by atoms with E-state index in [2.05, 4.69) is 5.32 Å². The SMILES string of the molecule is CCC1(c2ccc3c(c2)OCO3)NC(=O)N(CCCCOc2ccc(C(O)(C(F)F)C(F)(F)F)cc2CCc2ccc(C(F)(F)F)cc2)C1=O. The number of hydrogen-bond acceptors (Lipinski definition) is 6. The van der Waals surface area contributed by atoms with Gasteiger partial charge in [0.1, 0.15) is 11.3 Å². The van der Waals surface area contributed by atoms with Crippen molar-refractivity contribution in [2.45, 2.75) is 68.9 Å². The number of nitrogens with zero attached hydrogens (tertiary/aromatic N) is 1. The van der Waals surface area contributed by atoms with E-state index in [-0.39, 0.29) is 63.4 Å². The number of hydrogen-bond donors (Lipinski definition) is 2. The molecule has 16 heteroatoms. The second-order valence-corrected chi connectivity index (χ2v) is 11.9. The van der Waals surface area contributed by atoms with Gasteiger partial charge in [-0.25, -0.2) is 13.6 Å². The van der Waals surface area contributed by atoms with Gasteiger partial charge in [0, 0.05) is 6.54 Å². The number of urea groups is 1. The summed E-state index contributed by atoms with van der Waals surface area (Å²) < 4.78 is 123. The highest BCUT2D eigenvalue weighted by atomic mass is 19.4. The minimum Gasteiger partial charge on any atom is -0.493 e. The molecule has 270 valence electrons. The van der Waals surface area contributed by atoms with Crippen LogP contribution in [0.1, 0.15) is 54.0 Å². The lowest BCUT2D eigenvalue weighted by molar-refractivity contribution is -0.305. The summed E-state index contributed by atoms with van der Waals surface area (Å²) in [4.78, 5) is 27.5. The van der Waals surface area contributed by atoms with E-state index in [1.807, 2.05) is 0 Å². The second-order valence-electron chi connectivity index (χ2n) is 11.9. The van der Waals surface area contributed by atoms with E-state index < -0.39 is 53.0 Å². The van der Waals surface area contributed by atoms with Crippen LogP contribution in [0.15, 0.2) is 60.7 Å². The zero-order chi connectivity index (χ0) is 36.5. The van der Waals surface area contributed by atoms with Gasteiger partial charge in [0.25, 0.3) is 12.3 Å². The zero-order valence-corrected chi connectivity index (χ0v) is 26.5. The number of fused-ring (bicyclic) bond motifs is 1. The van der Waals surface area contributed by atoms with E-state index >= 15 is 0 Å². The number of ether oxygens (including phenoxy) is 3. The maximum Gasteiger partial charge on any atom is 0.427 e. The summed E-state index contributed by atoms with van der Waals surface area (Å²) >= 11 is 0. The van der Waals surface area contributed by atoms with Crippen LogP contribution in [0.25, 0.3) is 0 Å². The third kappa shape index (κ3) is 7.02. The molecule has 3 aromatic carbocycles. The molecular formula is C34H32F8N2O6. The predicted octanol–water partition coefficient (Wildman–Crippen LogP) is 7.25. The molecule has 1 fully saturated rings. The first-order valence-electron chi connectivity index (χ1n) is 15.5. The Bertz CT molecular complexity index is 1720.